The minimum atomic E-state index is 0. The third-order valence-electron chi connectivity index (χ3n) is 3.99. The van der Waals surface area contributed by atoms with Crippen LogP contribution in [0.25, 0.3) is 0 Å². The molecule has 0 bridgehead atoms. The normalized spacial score (nSPS) is 12.2. The molecule has 0 heterocycles. The monoisotopic (exact) mass is 477 g/mol. The second kappa shape index (κ2) is 16.2. The number of nitrogens with one attached hydrogen (secondary N) is 2. The van der Waals surface area contributed by atoms with Crippen LogP contribution in [0, 0.1) is 12.8 Å². The fourth-order valence-corrected chi connectivity index (χ4v) is 2.58. The minimum Gasteiger partial charge on any atom is -0.494 e. The van der Waals surface area contributed by atoms with E-state index in [1.54, 1.807) is 0 Å². The molecule has 0 amide bonds. The van der Waals surface area contributed by atoms with E-state index >= 15 is 0 Å². The molecule has 6 heteroatoms. The van der Waals surface area contributed by atoms with Crippen molar-refractivity contribution in [1.82, 2.24) is 10.6 Å². The summed E-state index contributed by atoms with van der Waals surface area (Å²) in [7, 11) is 0. The Morgan fingerprint density at radius 2 is 1.88 bits per heavy atom. The van der Waals surface area contributed by atoms with E-state index in [0.29, 0.717) is 12.5 Å². The highest BCUT2D eigenvalue weighted by Crippen LogP contribution is 2.12. The first-order chi connectivity index (χ1) is 12.2. The fourth-order valence-electron chi connectivity index (χ4n) is 2.58. The number of hydrogen-bond donors (Lipinski definition) is 3. The SMILES string of the molecule is CCCC(CCO)CN=C(NCC)NCCCOc1ccc(C)cc1.I. The molecule has 0 radical (unpaired) electrons. The molecule has 0 aliphatic heterocycles. The Balaban J connectivity index is 0.00000625. The van der Waals surface area contributed by atoms with Crippen LogP contribution in [0.15, 0.2) is 29.3 Å². The third kappa shape index (κ3) is 11.6. The van der Waals surface area contributed by atoms with Gasteiger partial charge in [-0.25, -0.2) is 0 Å². The number of aliphatic imine (C=N–C) groups is 1. The maximum absolute atomic E-state index is 9.15. The van der Waals surface area contributed by atoms with E-state index in [-0.39, 0.29) is 30.6 Å². The average Bonchev–Trinajstić information content (AvgIpc) is 2.61. The zero-order chi connectivity index (χ0) is 18.3. The van der Waals surface area contributed by atoms with E-state index in [4.69, 9.17) is 9.84 Å². The van der Waals surface area contributed by atoms with Crippen LogP contribution in [0.4, 0.5) is 0 Å². The quantitative estimate of drug-likeness (QED) is 0.186. The van der Waals surface area contributed by atoms with Gasteiger partial charge in [0.1, 0.15) is 5.75 Å². The Hall–Kier alpha value is -1.02. The Kier molecular flexibility index (Phi) is 15.5. The molecule has 150 valence electrons. The first-order valence-corrected chi connectivity index (χ1v) is 9.52. The lowest BCUT2D eigenvalue weighted by atomic mass is 10.0. The largest absolute Gasteiger partial charge is 0.494 e. The van der Waals surface area contributed by atoms with E-state index in [0.717, 1.165) is 57.0 Å². The molecule has 5 nitrogen and oxygen atoms in total. The van der Waals surface area contributed by atoms with Crippen molar-refractivity contribution >= 4 is 29.9 Å². The summed E-state index contributed by atoms with van der Waals surface area (Å²) < 4.78 is 5.74. The molecule has 0 aliphatic rings. The van der Waals surface area contributed by atoms with Gasteiger partial charge in [-0.2, -0.15) is 0 Å². The number of hydrogen-bond acceptors (Lipinski definition) is 3. The van der Waals surface area contributed by atoms with E-state index in [2.05, 4.69) is 48.5 Å². The maximum Gasteiger partial charge on any atom is 0.191 e. The average molecular weight is 477 g/mol. The van der Waals surface area contributed by atoms with Crippen LogP contribution in [0.3, 0.4) is 0 Å². The third-order valence-corrected chi connectivity index (χ3v) is 3.99. The lowest BCUT2D eigenvalue weighted by Gasteiger charge is -2.15. The van der Waals surface area contributed by atoms with E-state index in [1.165, 1.54) is 5.56 Å². The predicted molar refractivity (Wildman–Crippen MR) is 121 cm³/mol. The second-order valence-electron chi connectivity index (χ2n) is 6.33. The van der Waals surface area contributed by atoms with Crippen molar-refractivity contribution in [3.05, 3.63) is 29.8 Å². The molecule has 0 saturated heterocycles. The van der Waals surface area contributed by atoms with Crippen LogP contribution >= 0.6 is 24.0 Å². The van der Waals surface area contributed by atoms with Crippen molar-refractivity contribution in [2.24, 2.45) is 10.9 Å². The molecule has 1 aromatic rings. The van der Waals surface area contributed by atoms with Crippen LogP contribution in [0.5, 0.6) is 5.75 Å². The van der Waals surface area contributed by atoms with Gasteiger partial charge in [-0.1, -0.05) is 31.0 Å². The van der Waals surface area contributed by atoms with Gasteiger partial charge >= 0.3 is 0 Å². The number of aliphatic hydroxyl groups is 1. The van der Waals surface area contributed by atoms with Gasteiger partial charge in [-0.15, -0.1) is 24.0 Å². The maximum atomic E-state index is 9.15. The summed E-state index contributed by atoms with van der Waals surface area (Å²) in [6, 6.07) is 8.12. The number of ether oxygens (including phenoxy) is 1. The van der Waals surface area contributed by atoms with Gasteiger partial charge in [-0.05, 0) is 51.2 Å². The number of benzene rings is 1. The summed E-state index contributed by atoms with van der Waals surface area (Å²) in [4.78, 5) is 4.66. The van der Waals surface area contributed by atoms with Crippen molar-refractivity contribution in [3.63, 3.8) is 0 Å². The first-order valence-electron chi connectivity index (χ1n) is 9.52. The zero-order valence-electron chi connectivity index (χ0n) is 16.5. The topological polar surface area (TPSA) is 65.9 Å². The summed E-state index contributed by atoms with van der Waals surface area (Å²) >= 11 is 0. The molecule has 0 fully saturated rings. The predicted octanol–water partition coefficient (Wildman–Crippen LogP) is 3.74. The van der Waals surface area contributed by atoms with Gasteiger partial charge in [0.2, 0.25) is 0 Å². The summed E-state index contributed by atoms with van der Waals surface area (Å²) in [6.45, 7) is 9.63. The summed E-state index contributed by atoms with van der Waals surface area (Å²) in [5.41, 5.74) is 1.24. The lowest BCUT2D eigenvalue weighted by Crippen LogP contribution is -2.38. The molecule has 3 N–H and O–H groups in total. The van der Waals surface area contributed by atoms with E-state index < -0.39 is 0 Å². The molecule has 0 aromatic heterocycles. The number of aliphatic hydroxyl groups excluding tert-OH is 1. The Bertz CT molecular complexity index is 474. The van der Waals surface area contributed by atoms with Crippen molar-refractivity contribution in [2.75, 3.05) is 32.8 Å². The Morgan fingerprint density at radius 1 is 1.15 bits per heavy atom. The van der Waals surface area contributed by atoms with E-state index in [1.807, 2.05) is 12.1 Å². The van der Waals surface area contributed by atoms with Gasteiger partial charge in [0.15, 0.2) is 5.96 Å². The molecule has 1 rings (SSSR count). The number of nitrogens with zero attached hydrogens (tertiary/aromatic N) is 1. The van der Waals surface area contributed by atoms with Crippen LogP contribution in [-0.4, -0.2) is 43.9 Å². The molecule has 0 aliphatic carbocycles. The highest BCUT2D eigenvalue weighted by Gasteiger charge is 2.07. The fraction of sp³-hybridized carbons (Fsp3) is 0.650. The van der Waals surface area contributed by atoms with Crippen molar-refractivity contribution in [1.29, 1.82) is 0 Å². The van der Waals surface area contributed by atoms with Gasteiger partial charge in [0.25, 0.3) is 0 Å². The van der Waals surface area contributed by atoms with Crippen LogP contribution < -0.4 is 15.4 Å². The van der Waals surface area contributed by atoms with Crippen LogP contribution in [-0.2, 0) is 0 Å². The van der Waals surface area contributed by atoms with Crippen LogP contribution in [0.2, 0.25) is 0 Å². The van der Waals surface area contributed by atoms with E-state index in [9.17, 15) is 0 Å². The van der Waals surface area contributed by atoms with Gasteiger partial charge in [0, 0.05) is 26.2 Å². The Labute approximate surface area is 176 Å². The first kappa shape index (κ1) is 25.0. The highest BCUT2D eigenvalue weighted by molar-refractivity contribution is 14.0. The second-order valence-corrected chi connectivity index (χ2v) is 6.33. The summed E-state index contributed by atoms with van der Waals surface area (Å²) in [6.07, 6.45) is 3.96. The van der Waals surface area contributed by atoms with Crippen molar-refractivity contribution in [3.8, 4) is 5.75 Å². The molecular formula is C20H36IN3O2. The minimum absolute atomic E-state index is 0. The summed E-state index contributed by atoms with van der Waals surface area (Å²) in [5.74, 6) is 2.21. The van der Waals surface area contributed by atoms with Crippen molar-refractivity contribution in [2.45, 2.75) is 46.5 Å². The summed E-state index contributed by atoms with van der Waals surface area (Å²) in [5, 5.41) is 15.8. The molecule has 1 aromatic carbocycles. The standard InChI is InChI=1S/C20H35N3O2.HI/c1-4-7-18(12-14-24)16-23-20(21-5-2)22-13-6-15-25-19-10-8-17(3)9-11-19;/h8-11,18,24H,4-7,12-16H2,1-3H3,(H2,21,22,23);1H. The molecular weight excluding hydrogens is 441 g/mol. The van der Waals surface area contributed by atoms with Crippen molar-refractivity contribution < 1.29 is 9.84 Å². The number of halogens is 1. The van der Waals surface area contributed by atoms with Gasteiger partial charge in [-0.3, -0.25) is 4.99 Å². The highest BCUT2D eigenvalue weighted by atomic mass is 127. The zero-order valence-corrected chi connectivity index (χ0v) is 18.8. The Morgan fingerprint density at radius 3 is 2.50 bits per heavy atom. The number of guanidine groups is 1. The molecule has 26 heavy (non-hydrogen) atoms. The molecule has 1 unspecified atom stereocenters. The smallest absolute Gasteiger partial charge is 0.191 e. The number of aryl methyl sites for hydroxylation is 1. The number of rotatable bonds is 12. The van der Waals surface area contributed by atoms with Crippen LogP contribution in [0.1, 0.15) is 45.1 Å². The molecule has 0 spiro atoms. The lowest BCUT2D eigenvalue weighted by molar-refractivity contribution is 0.253. The van der Waals surface area contributed by atoms with Gasteiger partial charge in [0.05, 0.1) is 6.61 Å². The van der Waals surface area contributed by atoms with Gasteiger partial charge < -0.3 is 20.5 Å². The molecule has 1 atom stereocenters. The molecule has 0 saturated carbocycles.